The Morgan fingerprint density at radius 3 is 2.55 bits per heavy atom. The normalized spacial score (nSPS) is 12.2. The molecule has 0 aliphatic carbocycles. The van der Waals surface area contributed by atoms with E-state index in [1.165, 1.54) is 0 Å². The second-order valence-corrected chi connectivity index (χ2v) is 5.76. The number of anilines is 1. The fourth-order valence-corrected chi connectivity index (χ4v) is 2.70. The molecule has 0 radical (unpaired) electrons. The van der Waals surface area contributed by atoms with Crippen molar-refractivity contribution in [2.24, 2.45) is 0 Å². The molecule has 0 saturated carbocycles. The summed E-state index contributed by atoms with van der Waals surface area (Å²) in [5.41, 5.74) is 10.3. The van der Waals surface area contributed by atoms with Crippen molar-refractivity contribution < 1.29 is 13.2 Å². The molecule has 6 heteroatoms. The van der Waals surface area contributed by atoms with Crippen LogP contribution in [0.4, 0.5) is 5.82 Å². The van der Waals surface area contributed by atoms with Gasteiger partial charge >= 0.3 is 0 Å². The molecule has 1 atom stereocenters. The molecule has 2 aromatic heterocycles. The van der Waals surface area contributed by atoms with Crippen molar-refractivity contribution in [2.45, 2.75) is 5.75 Å². The van der Waals surface area contributed by atoms with Crippen LogP contribution in [0.3, 0.4) is 0 Å². The predicted octanol–water partition coefficient (Wildman–Crippen LogP) is 3.31. The number of benzene rings is 1. The summed E-state index contributed by atoms with van der Waals surface area (Å²) in [6.45, 7) is 0. The Morgan fingerprint density at radius 2 is 1.91 bits per heavy atom. The molecule has 0 spiro atoms. The molecule has 1 aromatic carbocycles. The quantitative estimate of drug-likeness (QED) is 0.721. The molecule has 0 fully saturated rings. The van der Waals surface area contributed by atoms with Crippen LogP contribution in [-0.4, -0.2) is 13.7 Å². The number of hydrogen-bond donors (Lipinski definition) is 2. The lowest BCUT2D eigenvalue weighted by Gasteiger charge is -2.07. The molecule has 5 nitrogen and oxygen atoms in total. The highest BCUT2D eigenvalue weighted by atomic mass is 32.2. The van der Waals surface area contributed by atoms with Gasteiger partial charge in [-0.3, -0.25) is 0 Å². The zero-order valence-corrected chi connectivity index (χ0v) is 12.4. The summed E-state index contributed by atoms with van der Waals surface area (Å²) in [4.78, 5) is 4.23. The van der Waals surface area contributed by atoms with E-state index in [1.807, 2.05) is 36.4 Å². The largest absolute Gasteiger partial charge is 0.472 e. The molecule has 0 amide bonds. The minimum absolute atomic E-state index is 0.126. The van der Waals surface area contributed by atoms with Crippen LogP contribution in [0, 0.1) is 0 Å². The van der Waals surface area contributed by atoms with Crippen molar-refractivity contribution in [1.29, 1.82) is 0 Å². The van der Waals surface area contributed by atoms with Gasteiger partial charge in [0.15, 0.2) is 11.1 Å². The van der Waals surface area contributed by atoms with Gasteiger partial charge in [0, 0.05) is 22.9 Å². The minimum atomic E-state index is -1.83. The summed E-state index contributed by atoms with van der Waals surface area (Å²) in [7, 11) is 0. The molecule has 112 valence electrons. The summed E-state index contributed by atoms with van der Waals surface area (Å²) in [5.74, 6) is 0.568. The summed E-state index contributed by atoms with van der Waals surface area (Å²) >= 11 is -1.83. The Bertz CT molecular complexity index is 799. The fourth-order valence-electron chi connectivity index (χ4n) is 2.22. The number of pyridine rings is 1. The Kier molecular flexibility index (Phi) is 4.04. The highest BCUT2D eigenvalue weighted by Crippen LogP contribution is 2.29. The van der Waals surface area contributed by atoms with Crippen molar-refractivity contribution >= 4 is 16.9 Å². The first-order chi connectivity index (χ1) is 10.6. The van der Waals surface area contributed by atoms with Gasteiger partial charge in [0.1, 0.15) is 5.82 Å². The van der Waals surface area contributed by atoms with Gasteiger partial charge in [-0.1, -0.05) is 24.3 Å². The van der Waals surface area contributed by atoms with Crippen LogP contribution in [0.25, 0.3) is 22.3 Å². The van der Waals surface area contributed by atoms with Gasteiger partial charge in [-0.2, -0.15) is 0 Å². The van der Waals surface area contributed by atoms with E-state index in [4.69, 9.17) is 14.7 Å². The number of aromatic nitrogens is 1. The highest BCUT2D eigenvalue weighted by Gasteiger charge is 2.08. The number of nitrogen functional groups attached to an aromatic ring is 1. The van der Waals surface area contributed by atoms with E-state index in [1.54, 1.807) is 18.7 Å². The van der Waals surface area contributed by atoms with E-state index in [9.17, 15) is 4.21 Å². The van der Waals surface area contributed by atoms with Crippen LogP contribution >= 0.6 is 0 Å². The summed E-state index contributed by atoms with van der Waals surface area (Å²) in [6, 6.07) is 11.2. The van der Waals surface area contributed by atoms with Crippen LogP contribution in [0.15, 0.2) is 59.5 Å². The molecule has 0 bridgehead atoms. The third-order valence-corrected chi connectivity index (χ3v) is 3.91. The average Bonchev–Trinajstić information content (AvgIpc) is 3.02. The van der Waals surface area contributed by atoms with Gasteiger partial charge in [-0.05, 0) is 23.3 Å². The van der Waals surface area contributed by atoms with Crippen molar-refractivity contribution in [2.75, 3.05) is 5.73 Å². The van der Waals surface area contributed by atoms with E-state index in [2.05, 4.69) is 4.98 Å². The molecular formula is C16H14N2O3S. The number of nitrogens with two attached hydrogens (primary N) is 1. The molecule has 0 aliphatic heterocycles. The number of rotatable bonds is 4. The molecule has 22 heavy (non-hydrogen) atoms. The highest BCUT2D eigenvalue weighted by molar-refractivity contribution is 7.78. The fraction of sp³-hybridized carbons (Fsp3) is 0.0625. The molecule has 0 aliphatic rings. The van der Waals surface area contributed by atoms with Crippen LogP contribution in [0.2, 0.25) is 0 Å². The van der Waals surface area contributed by atoms with Crippen molar-refractivity contribution in [3.05, 3.63) is 60.7 Å². The monoisotopic (exact) mass is 314 g/mol. The summed E-state index contributed by atoms with van der Waals surface area (Å²) < 4.78 is 24.8. The third kappa shape index (κ3) is 3.08. The maximum absolute atomic E-state index is 10.8. The van der Waals surface area contributed by atoms with Crippen LogP contribution < -0.4 is 5.73 Å². The average molecular weight is 314 g/mol. The molecule has 3 N–H and O–H groups in total. The molecule has 3 rings (SSSR count). The van der Waals surface area contributed by atoms with Crippen molar-refractivity contribution in [3.8, 4) is 22.3 Å². The zero-order chi connectivity index (χ0) is 15.5. The first kappa shape index (κ1) is 14.5. The minimum Gasteiger partial charge on any atom is -0.472 e. The summed E-state index contributed by atoms with van der Waals surface area (Å²) in [5, 5.41) is 0. The summed E-state index contributed by atoms with van der Waals surface area (Å²) in [6.07, 6.45) is 4.92. The topological polar surface area (TPSA) is 89.3 Å². The lowest BCUT2D eigenvalue weighted by atomic mass is 10.0. The Morgan fingerprint density at radius 1 is 1.14 bits per heavy atom. The SMILES string of the molecule is Nc1ncc(-c2ccc(CS(=O)O)cc2)cc1-c1ccoc1. The van der Waals surface area contributed by atoms with Crippen LogP contribution in [-0.2, 0) is 16.8 Å². The Labute approximate surface area is 130 Å². The van der Waals surface area contributed by atoms with Gasteiger partial charge in [0.05, 0.1) is 18.3 Å². The zero-order valence-electron chi connectivity index (χ0n) is 11.6. The van der Waals surface area contributed by atoms with Crippen LogP contribution in [0.5, 0.6) is 0 Å². The maximum atomic E-state index is 10.8. The Hall–Kier alpha value is -2.44. The van der Waals surface area contributed by atoms with E-state index in [0.717, 1.165) is 27.8 Å². The van der Waals surface area contributed by atoms with Gasteiger partial charge < -0.3 is 14.7 Å². The van der Waals surface area contributed by atoms with E-state index >= 15 is 0 Å². The second kappa shape index (κ2) is 6.13. The van der Waals surface area contributed by atoms with E-state index in [-0.39, 0.29) is 5.75 Å². The van der Waals surface area contributed by atoms with E-state index in [0.29, 0.717) is 5.82 Å². The molecule has 3 aromatic rings. The van der Waals surface area contributed by atoms with Gasteiger partial charge in [0.25, 0.3) is 0 Å². The number of furan rings is 1. The third-order valence-electron chi connectivity index (χ3n) is 3.33. The van der Waals surface area contributed by atoms with Gasteiger partial charge in [-0.15, -0.1) is 0 Å². The van der Waals surface area contributed by atoms with Crippen molar-refractivity contribution in [3.63, 3.8) is 0 Å². The lowest BCUT2D eigenvalue weighted by molar-refractivity contribution is 0.563. The van der Waals surface area contributed by atoms with Crippen LogP contribution in [0.1, 0.15) is 5.56 Å². The molecule has 1 unspecified atom stereocenters. The van der Waals surface area contributed by atoms with Crippen molar-refractivity contribution in [1.82, 2.24) is 4.98 Å². The number of nitrogens with zero attached hydrogens (tertiary/aromatic N) is 1. The molecule has 0 saturated heterocycles. The lowest BCUT2D eigenvalue weighted by Crippen LogP contribution is -1.95. The first-order valence-electron chi connectivity index (χ1n) is 6.58. The second-order valence-electron chi connectivity index (χ2n) is 4.83. The predicted molar refractivity (Wildman–Crippen MR) is 86.3 cm³/mol. The van der Waals surface area contributed by atoms with E-state index < -0.39 is 11.1 Å². The van der Waals surface area contributed by atoms with Gasteiger partial charge in [-0.25, -0.2) is 9.19 Å². The molecule has 2 heterocycles. The smallest absolute Gasteiger partial charge is 0.157 e. The first-order valence-corrected chi connectivity index (χ1v) is 7.86. The standard InChI is InChI=1S/C16H14N2O3S/c17-16-15(13-5-6-21-9-13)7-14(8-18-16)12-3-1-11(2-4-12)10-22(19)20/h1-9H,10H2,(H2,17,18)(H,19,20). The van der Waals surface area contributed by atoms with Gasteiger partial charge in [0.2, 0.25) is 0 Å². The number of hydrogen-bond acceptors (Lipinski definition) is 4. The Balaban J connectivity index is 1.95. The molecular weight excluding hydrogens is 300 g/mol. The maximum Gasteiger partial charge on any atom is 0.157 e.